The number of amides is 1. The van der Waals surface area contributed by atoms with E-state index in [-0.39, 0.29) is 0 Å². The third-order valence-electron chi connectivity index (χ3n) is 4.40. The molecule has 138 valence electrons. The fraction of sp³-hybridized carbons (Fsp3) is 0.182. The number of nitrogens with one attached hydrogen (secondary N) is 1. The maximum atomic E-state index is 13.5. The Morgan fingerprint density at radius 3 is 2.30 bits per heavy atom. The molecule has 27 heavy (non-hydrogen) atoms. The Labute approximate surface area is 157 Å². The van der Waals surface area contributed by atoms with Gasteiger partial charge in [0.05, 0.1) is 6.04 Å². The van der Waals surface area contributed by atoms with Gasteiger partial charge in [0.15, 0.2) is 0 Å². The fourth-order valence-electron chi connectivity index (χ4n) is 2.79. The topological polar surface area (TPSA) is 62.2 Å². The molecule has 3 aromatic rings. The van der Waals surface area contributed by atoms with Crippen LogP contribution in [0.3, 0.4) is 0 Å². The molecule has 1 aromatic heterocycles. The van der Waals surface area contributed by atoms with Crippen LogP contribution in [0.25, 0.3) is 11.1 Å². The summed E-state index contributed by atoms with van der Waals surface area (Å²) in [7, 11) is 0. The zero-order chi connectivity index (χ0) is 19.2. The second-order valence-electron chi connectivity index (χ2n) is 6.36. The van der Waals surface area contributed by atoms with Crippen molar-refractivity contribution in [2.24, 2.45) is 0 Å². The highest BCUT2D eigenvalue weighted by Gasteiger charge is 2.23. The van der Waals surface area contributed by atoms with E-state index in [9.17, 15) is 14.3 Å². The van der Waals surface area contributed by atoms with Crippen molar-refractivity contribution in [3.8, 4) is 11.1 Å². The zero-order valence-electron chi connectivity index (χ0n) is 15.0. The highest BCUT2D eigenvalue weighted by atomic mass is 19.1. The van der Waals surface area contributed by atoms with E-state index in [1.165, 1.54) is 0 Å². The summed E-state index contributed by atoms with van der Waals surface area (Å²) in [6.07, 6.45) is 0.637. The molecular weight excluding hydrogens is 343 g/mol. The van der Waals surface area contributed by atoms with Gasteiger partial charge in [-0.25, -0.2) is 4.39 Å². The number of carbonyl (C=O) groups excluding carboxylic acids is 1. The van der Waals surface area contributed by atoms with Gasteiger partial charge in [-0.2, -0.15) is 0 Å². The number of nitrogens with zero attached hydrogens (tertiary/aromatic N) is 1. The molecule has 0 spiro atoms. The molecular formula is C22H21FN2O2. The molecule has 2 N–H and O–H groups in total. The minimum absolute atomic E-state index is 0.417. The van der Waals surface area contributed by atoms with Crippen LogP contribution in [0.5, 0.6) is 0 Å². The highest BCUT2D eigenvalue weighted by Crippen LogP contribution is 2.23. The van der Waals surface area contributed by atoms with Gasteiger partial charge in [0, 0.05) is 23.0 Å². The summed E-state index contributed by atoms with van der Waals surface area (Å²) in [4.78, 5) is 16.5. The van der Waals surface area contributed by atoms with Crippen LogP contribution in [0.15, 0.2) is 72.9 Å². The number of pyridine rings is 1. The lowest BCUT2D eigenvalue weighted by atomic mass is 9.99. The molecule has 2 unspecified atom stereocenters. The summed E-state index contributed by atoms with van der Waals surface area (Å²) in [5, 5.41) is 13.1. The summed E-state index contributed by atoms with van der Waals surface area (Å²) >= 11 is 0. The molecule has 0 saturated carbocycles. The summed E-state index contributed by atoms with van der Waals surface area (Å²) in [5.74, 6) is -0.417. The number of halogens is 1. The van der Waals surface area contributed by atoms with Crippen molar-refractivity contribution >= 4 is 5.91 Å². The van der Waals surface area contributed by atoms with Crippen LogP contribution in [-0.2, 0) is 0 Å². The van der Waals surface area contributed by atoms with Gasteiger partial charge in [-0.1, -0.05) is 48.5 Å². The number of aromatic nitrogens is 1. The predicted octanol–water partition coefficient (Wildman–Crippen LogP) is 3.86. The average Bonchev–Trinajstić information content (AvgIpc) is 2.72. The number of hydrogen-bond acceptors (Lipinski definition) is 3. The average molecular weight is 364 g/mol. The summed E-state index contributed by atoms with van der Waals surface area (Å²) in [6, 6.07) is 18.6. The van der Waals surface area contributed by atoms with E-state index in [4.69, 9.17) is 0 Å². The molecule has 2 atom stereocenters. The second-order valence-corrected chi connectivity index (χ2v) is 6.36. The van der Waals surface area contributed by atoms with Crippen LogP contribution in [0.4, 0.5) is 4.39 Å². The van der Waals surface area contributed by atoms with Crippen molar-refractivity contribution in [2.75, 3.05) is 6.67 Å². The monoisotopic (exact) mass is 364 g/mol. The van der Waals surface area contributed by atoms with Gasteiger partial charge >= 0.3 is 0 Å². The molecule has 2 aromatic carbocycles. The van der Waals surface area contributed by atoms with Crippen LogP contribution in [0.2, 0.25) is 0 Å². The molecule has 0 fully saturated rings. The first-order chi connectivity index (χ1) is 13.1. The molecule has 0 aliphatic rings. The molecule has 0 bridgehead atoms. The number of hydrogen-bond donors (Lipinski definition) is 2. The van der Waals surface area contributed by atoms with Gasteiger partial charge in [0.2, 0.25) is 0 Å². The Balaban J connectivity index is 1.72. The number of alkyl halides is 1. The number of rotatable bonds is 6. The predicted molar refractivity (Wildman–Crippen MR) is 103 cm³/mol. The Morgan fingerprint density at radius 2 is 1.70 bits per heavy atom. The zero-order valence-corrected chi connectivity index (χ0v) is 15.0. The van der Waals surface area contributed by atoms with E-state index in [0.29, 0.717) is 11.1 Å². The summed E-state index contributed by atoms with van der Waals surface area (Å²) in [5.41, 5.74) is 3.80. The lowest BCUT2D eigenvalue weighted by Crippen LogP contribution is -2.40. The first-order valence-electron chi connectivity index (χ1n) is 8.71. The first kappa shape index (κ1) is 18.7. The third kappa shape index (κ3) is 4.57. The van der Waals surface area contributed by atoms with Crippen molar-refractivity contribution in [1.82, 2.24) is 10.3 Å². The van der Waals surface area contributed by atoms with Crippen LogP contribution in [0.1, 0.15) is 27.7 Å². The van der Waals surface area contributed by atoms with E-state index >= 15 is 0 Å². The van der Waals surface area contributed by atoms with Gasteiger partial charge in [-0.05, 0) is 36.2 Å². The Bertz CT molecular complexity index is 880. The Hall–Kier alpha value is -3.05. The van der Waals surface area contributed by atoms with Crippen molar-refractivity contribution in [1.29, 1.82) is 0 Å². The van der Waals surface area contributed by atoms with E-state index < -0.39 is 24.7 Å². The van der Waals surface area contributed by atoms with Crippen LogP contribution in [0, 0.1) is 6.92 Å². The molecule has 5 heteroatoms. The molecule has 0 aliphatic carbocycles. The van der Waals surface area contributed by atoms with Gasteiger partial charge in [0.25, 0.3) is 5.91 Å². The standard InChI is InChI=1S/C22H21FN2O2/c1-15-7-8-19(14-24-15)16-9-11-17(12-10-16)21(26)20(13-23)25-22(27)18-5-3-2-4-6-18/h2-12,14,20-21,26H,13H2,1H3,(H,25,27). The highest BCUT2D eigenvalue weighted by molar-refractivity contribution is 5.94. The first-order valence-corrected chi connectivity index (χ1v) is 8.71. The maximum absolute atomic E-state index is 13.5. The van der Waals surface area contributed by atoms with Crippen LogP contribution >= 0.6 is 0 Å². The van der Waals surface area contributed by atoms with Gasteiger partial charge in [-0.3, -0.25) is 9.78 Å². The number of aliphatic hydroxyl groups excluding tert-OH is 1. The molecule has 1 amide bonds. The molecule has 0 saturated heterocycles. The Morgan fingerprint density at radius 1 is 1.04 bits per heavy atom. The quantitative estimate of drug-likeness (QED) is 0.698. The van der Waals surface area contributed by atoms with Gasteiger partial charge < -0.3 is 10.4 Å². The summed E-state index contributed by atoms with van der Waals surface area (Å²) in [6.45, 7) is 1.05. The molecule has 1 heterocycles. The van der Waals surface area contributed by atoms with Crippen molar-refractivity contribution in [3.05, 3.63) is 89.7 Å². The third-order valence-corrected chi connectivity index (χ3v) is 4.40. The Kier molecular flexibility index (Phi) is 5.94. The molecule has 0 aliphatic heterocycles. The lowest BCUT2D eigenvalue weighted by Gasteiger charge is -2.22. The molecule has 4 nitrogen and oxygen atoms in total. The van der Waals surface area contributed by atoms with E-state index in [0.717, 1.165) is 16.8 Å². The number of aryl methyl sites for hydroxylation is 1. The minimum atomic E-state index is -1.15. The van der Waals surface area contributed by atoms with Gasteiger partial charge in [-0.15, -0.1) is 0 Å². The maximum Gasteiger partial charge on any atom is 0.251 e. The van der Waals surface area contributed by atoms with Crippen molar-refractivity contribution < 1.29 is 14.3 Å². The number of aliphatic hydroxyl groups is 1. The number of benzene rings is 2. The van der Waals surface area contributed by atoms with Crippen LogP contribution in [-0.4, -0.2) is 28.7 Å². The van der Waals surface area contributed by atoms with E-state index in [1.54, 1.807) is 48.7 Å². The molecule has 3 rings (SSSR count). The smallest absolute Gasteiger partial charge is 0.251 e. The summed E-state index contributed by atoms with van der Waals surface area (Å²) < 4.78 is 13.5. The van der Waals surface area contributed by atoms with Gasteiger partial charge in [0.1, 0.15) is 12.8 Å². The van der Waals surface area contributed by atoms with Crippen LogP contribution < -0.4 is 5.32 Å². The second kappa shape index (κ2) is 8.56. The SMILES string of the molecule is Cc1ccc(-c2ccc(C(O)C(CF)NC(=O)c3ccccc3)cc2)cn1. The fourth-order valence-corrected chi connectivity index (χ4v) is 2.79. The normalized spacial score (nSPS) is 13.0. The van der Waals surface area contributed by atoms with Crippen molar-refractivity contribution in [3.63, 3.8) is 0 Å². The molecule has 0 radical (unpaired) electrons. The van der Waals surface area contributed by atoms with Crippen molar-refractivity contribution in [2.45, 2.75) is 19.1 Å². The van der Waals surface area contributed by atoms with E-state index in [2.05, 4.69) is 10.3 Å². The largest absolute Gasteiger partial charge is 0.386 e. The lowest BCUT2D eigenvalue weighted by molar-refractivity contribution is 0.0792. The minimum Gasteiger partial charge on any atom is -0.386 e. The number of carbonyl (C=O) groups is 1. The van der Waals surface area contributed by atoms with E-state index in [1.807, 2.05) is 31.2 Å².